The molecule has 0 bridgehead atoms. The van der Waals surface area contributed by atoms with Gasteiger partial charge in [0.15, 0.2) is 5.82 Å². The lowest BCUT2D eigenvalue weighted by atomic mass is 10.1. The number of carbonyl (C=O) groups is 1. The number of nitrogens with zero attached hydrogens (tertiary/aromatic N) is 3. The van der Waals surface area contributed by atoms with Gasteiger partial charge in [-0.1, -0.05) is 18.5 Å². The van der Waals surface area contributed by atoms with Gasteiger partial charge in [0.2, 0.25) is 5.89 Å². The van der Waals surface area contributed by atoms with E-state index in [0.717, 1.165) is 18.5 Å². The Morgan fingerprint density at radius 2 is 2.39 bits per heavy atom. The molecule has 0 radical (unpaired) electrons. The maximum atomic E-state index is 13.0. The van der Waals surface area contributed by atoms with E-state index in [0.29, 0.717) is 30.2 Å². The van der Waals surface area contributed by atoms with Crippen molar-refractivity contribution in [2.24, 2.45) is 0 Å². The standard InChI is InChI=1S/C16H22N4O3/c1-4-5-13-12(6-7-17-13)16(21)20-9-11(22-3)8-14(20)15-18-10(2)19-23-15/h6-7,11,14,17H,4-5,8-9H2,1-3H3/t11-,14+/m0/s1. The number of aromatic nitrogens is 3. The topological polar surface area (TPSA) is 84.2 Å². The summed E-state index contributed by atoms with van der Waals surface area (Å²) in [6.45, 7) is 4.39. The Kier molecular flexibility index (Phi) is 4.47. The van der Waals surface area contributed by atoms with E-state index in [1.807, 2.05) is 12.3 Å². The van der Waals surface area contributed by atoms with Crippen molar-refractivity contribution >= 4 is 5.91 Å². The molecular formula is C16H22N4O3. The van der Waals surface area contributed by atoms with Gasteiger partial charge in [-0.2, -0.15) is 4.98 Å². The first kappa shape index (κ1) is 15.7. The van der Waals surface area contributed by atoms with Gasteiger partial charge >= 0.3 is 0 Å². The van der Waals surface area contributed by atoms with Crippen molar-refractivity contribution in [3.63, 3.8) is 0 Å². The number of carbonyl (C=O) groups excluding carboxylic acids is 1. The van der Waals surface area contributed by atoms with Crippen LogP contribution in [0.3, 0.4) is 0 Å². The predicted octanol–water partition coefficient (Wildman–Crippen LogP) is 2.26. The van der Waals surface area contributed by atoms with Crippen molar-refractivity contribution in [1.82, 2.24) is 20.0 Å². The molecule has 1 fully saturated rings. The number of H-pyrrole nitrogens is 1. The molecule has 0 aromatic carbocycles. The van der Waals surface area contributed by atoms with Gasteiger partial charge in [-0.15, -0.1) is 0 Å². The Morgan fingerprint density at radius 1 is 1.57 bits per heavy atom. The van der Waals surface area contributed by atoms with Gasteiger partial charge in [-0.05, 0) is 19.4 Å². The lowest BCUT2D eigenvalue weighted by Crippen LogP contribution is -2.32. The molecule has 2 aromatic rings. The van der Waals surface area contributed by atoms with Crippen LogP contribution in [0.1, 0.15) is 53.6 Å². The lowest BCUT2D eigenvalue weighted by molar-refractivity contribution is 0.0670. The van der Waals surface area contributed by atoms with Crippen LogP contribution in [0.25, 0.3) is 0 Å². The highest BCUT2D eigenvalue weighted by molar-refractivity contribution is 5.96. The van der Waals surface area contributed by atoms with Gasteiger partial charge in [0.1, 0.15) is 6.04 Å². The average molecular weight is 318 g/mol. The molecule has 0 aliphatic carbocycles. The highest BCUT2D eigenvalue weighted by Crippen LogP contribution is 2.34. The Balaban J connectivity index is 1.88. The maximum absolute atomic E-state index is 13.0. The number of hydrogen-bond donors (Lipinski definition) is 1. The molecule has 1 amide bonds. The normalized spacial score (nSPS) is 21.1. The molecule has 3 heterocycles. The van der Waals surface area contributed by atoms with Gasteiger partial charge in [0.05, 0.1) is 11.7 Å². The molecule has 2 aromatic heterocycles. The molecule has 7 nitrogen and oxygen atoms in total. The van der Waals surface area contributed by atoms with Crippen molar-refractivity contribution in [2.45, 2.75) is 45.3 Å². The molecule has 2 atom stereocenters. The number of methoxy groups -OCH3 is 1. The fourth-order valence-electron chi connectivity index (χ4n) is 3.09. The Labute approximate surface area is 135 Å². The minimum atomic E-state index is -0.238. The van der Waals surface area contributed by atoms with Crippen molar-refractivity contribution < 1.29 is 14.1 Å². The van der Waals surface area contributed by atoms with Gasteiger partial charge in [0.25, 0.3) is 5.91 Å². The summed E-state index contributed by atoms with van der Waals surface area (Å²) in [5, 5.41) is 3.84. The van der Waals surface area contributed by atoms with E-state index in [-0.39, 0.29) is 18.1 Å². The van der Waals surface area contributed by atoms with Crippen LogP contribution in [0.5, 0.6) is 0 Å². The Hall–Kier alpha value is -2.15. The van der Waals surface area contributed by atoms with Crippen LogP contribution in [0.15, 0.2) is 16.8 Å². The monoisotopic (exact) mass is 318 g/mol. The van der Waals surface area contributed by atoms with Crippen LogP contribution in [-0.4, -0.2) is 45.7 Å². The van der Waals surface area contributed by atoms with Crippen LogP contribution < -0.4 is 0 Å². The molecule has 7 heteroatoms. The molecule has 124 valence electrons. The third-order valence-electron chi connectivity index (χ3n) is 4.25. The van der Waals surface area contributed by atoms with E-state index in [9.17, 15) is 4.79 Å². The van der Waals surface area contributed by atoms with Gasteiger partial charge < -0.3 is 19.1 Å². The van der Waals surface area contributed by atoms with Crippen molar-refractivity contribution in [2.75, 3.05) is 13.7 Å². The van der Waals surface area contributed by atoms with Gasteiger partial charge in [0, 0.05) is 32.0 Å². The highest BCUT2D eigenvalue weighted by Gasteiger charge is 2.40. The first-order chi connectivity index (χ1) is 11.1. The molecule has 1 aliphatic heterocycles. The predicted molar refractivity (Wildman–Crippen MR) is 83.0 cm³/mol. The summed E-state index contributed by atoms with van der Waals surface area (Å²) in [6.07, 6.45) is 4.28. The first-order valence-corrected chi connectivity index (χ1v) is 7.94. The minimum Gasteiger partial charge on any atom is -0.380 e. The van der Waals surface area contributed by atoms with Crippen LogP contribution >= 0.6 is 0 Å². The van der Waals surface area contributed by atoms with Crippen LogP contribution in [0.4, 0.5) is 0 Å². The van der Waals surface area contributed by atoms with Gasteiger partial charge in [-0.25, -0.2) is 0 Å². The third-order valence-corrected chi connectivity index (χ3v) is 4.25. The van der Waals surface area contributed by atoms with E-state index in [4.69, 9.17) is 9.26 Å². The summed E-state index contributed by atoms with van der Waals surface area (Å²) < 4.78 is 10.8. The Morgan fingerprint density at radius 3 is 3.04 bits per heavy atom. The molecule has 1 saturated heterocycles. The molecule has 0 saturated carbocycles. The summed E-state index contributed by atoms with van der Waals surface area (Å²) in [5.41, 5.74) is 1.68. The molecule has 1 aliphatic rings. The number of rotatable bonds is 5. The zero-order valence-corrected chi connectivity index (χ0v) is 13.7. The van der Waals surface area contributed by atoms with Crippen molar-refractivity contribution in [3.05, 3.63) is 35.2 Å². The number of hydrogen-bond acceptors (Lipinski definition) is 5. The van der Waals surface area contributed by atoms with Crippen molar-refractivity contribution in [1.29, 1.82) is 0 Å². The molecule has 0 spiro atoms. The molecule has 3 rings (SSSR count). The summed E-state index contributed by atoms with van der Waals surface area (Å²) in [5.74, 6) is 1.03. The quantitative estimate of drug-likeness (QED) is 0.914. The summed E-state index contributed by atoms with van der Waals surface area (Å²) in [6, 6.07) is 1.60. The van der Waals surface area contributed by atoms with E-state index < -0.39 is 0 Å². The second kappa shape index (κ2) is 6.54. The van der Waals surface area contributed by atoms with E-state index in [2.05, 4.69) is 22.0 Å². The molecule has 1 N–H and O–H groups in total. The largest absolute Gasteiger partial charge is 0.380 e. The van der Waals surface area contributed by atoms with Crippen LogP contribution in [0.2, 0.25) is 0 Å². The van der Waals surface area contributed by atoms with Crippen LogP contribution in [-0.2, 0) is 11.2 Å². The second-order valence-corrected chi connectivity index (χ2v) is 5.87. The second-order valence-electron chi connectivity index (χ2n) is 5.87. The smallest absolute Gasteiger partial charge is 0.256 e. The minimum absolute atomic E-state index is 0.0184. The zero-order chi connectivity index (χ0) is 16.4. The highest BCUT2D eigenvalue weighted by atomic mass is 16.5. The number of aromatic amines is 1. The SMILES string of the molecule is CCCc1[nH]ccc1C(=O)N1C[C@@H](OC)C[C@@H]1c1nc(C)no1. The number of likely N-dealkylation sites (tertiary alicyclic amines) is 1. The molecule has 23 heavy (non-hydrogen) atoms. The average Bonchev–Trinajstić information content (AvgIpc) is 3.25. The molecule has 0 unspecified atom stereocenters. The summed E-state index contributed by atoms with van der Waals surface area (Å²) in [7, 11) is 1.66. The number of ether oxygens (including phenoxy) is 1. The van der Waals surface area contributed by atoms with Crippen LogP contribution in [0, 0.1) is 6.92 Å². The van der Waals surface area contributed by atoms with E-state index in [1.165, 1.54) is 0 Å². The summed E-state index contributed by atoms with van der Waals surface area (Å²) >= 11 is 0. The maximum Gasteiger partial charge on any atom is 0.256 e. The number of amides is 1. The molecular weight excluding hydrogens is 296 g/mol. The van der Waals surface area contributed by atoms with E-state index in [1.54, 1.807) is 18.9 Å². The fourth-order valence-corrected chi connectivity index (χ4v) is 3.09. The Bertz CT molecular complexity index is 678. The fraction of sp³-hybridized carbons (Fsp3) is 0.562. The van der Waals surface area contributed by atoms with Gasteiger partial charge in [-0.3, -0.25) is 4.79 Å². The first-order valence-electron chi connectivity index (χ1n) is 7.94. The van der Waals surface area contributed by atoms with E-state index >= 15 is 0 Å². The lowest BCUT2D eigenvalue weighted by Gasteiger charge is -2.21. The third kappa shape index (κ3) is 3.01. The van der Waals surface area contributed by atoms with Crippen molar-refractivity contribution in [3.8, 4) is 0 Å². The zero-order valence-electron chi connectivity index (χ0n) is 13.7. The number of nitrogens with one attached hydrogen (secondary N) is 1. The number of aryl methyl sites for hydroxylation is 2. The summed E-state index contributed by atoms with van der Waals surface area (Å²) in [4.78, 5) is 22.3.